The van der Waals surface area contributed by atoms with E-state index in [1.807, 2.05) is 10.6 Å². The van der Waals surface area contributed by atoms with Crippen LogP contribution in [0.5, 0.6) is 0 Å². The lowest BCUT2D eigenvalue weighted by molar-refractivity contribution is 0.187. The third-order valence-electron chi connectivity index (χ3n) is 2.51. The topological polar surface area (TPSA) is 61.9 Å². The number of methoxy groups -OCH3 is 1. The number of nitrogens with zero attached hydrogens (tertiary/aromatic N) is 4. The number of aryl methyl sites for hydroxylation is 1. The van der Waals surface area contributed by atoms with Crippen molar-refractivity contribution in [1.82, 2.24) is 19.3 Å². The van der Waals surface area contributed by atoms with Crippen molar-refractivity contribution < 1.29 is 4.74 Å². The summed E-state index contributed by atoms with van der Waals surface area (Å²) >= 11 is 0. The zero-order valence-electron chi connectivity index (χ0n) is 9.83. The van der Waals surface area contributed by atoms with Gasteiger partial charge in [0.15, 0.2) is 5.82 Å². The minimum Gasteiger partial charge on any atom is -0.383 e. The highest BCUT2D eigenvalue weighted by atomic mass is 16.5. The van der Waals surface area contributed by atoms with E-state index in [0.717, 1.165) is 5.56 Å². The Hall–Kier alpha value is -1.95. The summed E-state index contributed by atoms with van der Waals surface area (Å²) in [6.07, 6.45) is 3.35. The van der Waals surface area contributed by atoms with Crippen molar-refractivity contribution >= 4 is 0 Å². The van der Waals surface area contributed by atoms with Gasteiger partial charge in [0.1, 0.15) is 6.33 Å². The fraction of sp³-hybridized carbons (Fsp3) is 0.364. The van der Waals surface area contributed by atoms with Crippen LogP contribution in [0.4, 0.5) is 0 Å². The minimum absolute atomic E-state index is 0.0659. The highest BCUT2D eigenvalue weighted by molar-refractivity contribution is 5.53. The van der Waals surface area contributed by atoms with Gasteiger partial charge < -0.3 is 13.9 Å². The van der Waals surface area contributed by atoms with E-state index in [1.54, 1.807) is 32.7 Å². The predicted molar refractivity (Wildman–Crippen MR) is 62.6 cm³/mol. The first kappa shape index (κ1) is 11.5. The second kappa shape index (κ2) is 4.92. The molecular formula is C11H14N4O2. The van der Waals surface area contributed by atoms with Crippen LogP contribution < -0.4 is 5.56 Å². The van der Waals surface area contributed by atoms with E-state index in [2.05, 4.69) is 10.2 Å². The molecule has 0 aromatic carbocycles. The maximum Gasteiger partial charge on any atom is 0.250 e. The number of hydrogen-bond acceptors (Lipinski definition) is 4. The summed E-state index contributed by atoms with van der Waals surface area (Å²) in [6.45, 7) is 1.24. The van der Waals surface area contributed by atoms with Crippen LogP contribution >= 0.6 is 0 Å². The van der Waals surface area contributed by atoms with Gasteiger partial charge in [-0.15, -0.1) is 10.2 Å². The monoisotopic (exact) mass is 234 g/mol. The Bertz CT molecular complexity index is 559. The highest BCUT2D eigenvalue weighted by Gasteiger charge is 2.07. The van der Waals surface area contributed by atoms with Crippen LogP contribution in [0.2, 0.25) is 0 Å². The Kier molecular flexibility index (Phi) is 3.34. The summed E-state index contributed by atoms with van der Waals surface area (Å²) in [7, 11) is 3.35. The summed E-state index contributed by atoms with van der Waals surface area (Å²) in [5.74, 6) is 0.680. The van der Waals surface area contributed by atoms with Gasteiger partial charge in [-0.3, -0.25) is 4.79 Å². The molecule has 6 heteroatoms. The fourth-order valence-electron chi connectivity index (χ4n) is 1.52. The first-order valence-electron chi connectivity index (χ1n) is 5.26. The molecule has 0 aliphatic heterocycles. The Morgan fingerprint density at radius 2 is 2.29 bits per heavy atom. The van der Waals surface area contributed by atoms with E-state index in [-0.39, 0.29) is 5.56 Å². The standard InChI is InChI=1S/C11H14N4O2/c1-14-4-3-9(7-10(14)16)11-13-12-8-15(11)5-6-17-2/h3-4,7-8H,5-6H2,1-2H3. The second-order valence-electron chi connectivity index (χ2n) is 3.71. The van der Waals surface area contributed by atoms with Gasteiger partial charge in [0, 0.05) is 38.5 Å². The molecule has 17 heavy (non-hydrogen) atoms. The molecule has 0 spiro atoms. The zero-order valence-corrected chi connectivity index (χ0v) is 9.83. The van der Waals surface area contributed by atoms with Crippen molar-refractivity contribution in [3.05, 3.63) is 35.0 Å². The van der Waals surface area contributed by atoms with Crippen LogP contribution in [0.1, 0.15) is 0 Å². The molecule has 6 nitrogen and oxygen atoms in total. The van der Waals surface area contributed by atoms with Gasteiger partial charge in [0.05, 0.1) is 6.61 Å². The molecule has 0 N–H and O–H groups in total. The average Bonchev–Trinajstić information content (AvgIpc) is 2.78. The minimum atomic E-state index is -0.0659. The Balaban J connectivity index is 2.35. The van der Waals surface area contributed by atoms with E-state index < -0.39 is 0 Å². The summed E-state index contributed by atoms with van der Waals surface area (Å²) in [6, 6.07) is 3.39. The molecule has 90 valence electrons. The normalized spacial score (nSPS) is 10.7. The second-order valence-corrected chi connectivity index (χ2v) is 3.71. The molecule has 0 fully saturated rings. The Morgan fingerprint density at radius 3 is 3.00 bits per heavy atom. The molecule has 0 aliphatic rings. The number of hydrogen-bond donors (Lipinski definition) is 0. The Labute approximate surface area is 98.5 Å². The number of aromatic nitrogens is 4. The third kappa shape index (κ3) is 2.42. The zero-order chi connectivity index (χ0) is 12.3. The smallest absolute Gasteiger partial charge is 0.250 e. The van der Waals surface area contributed by atoms with Crippen LogP contribution in [-0.2, 0) is 18.3 Å². The van der Waals surface area contributed by atoms with E-state index in [9.17, 15) is 4.79 Å². The number of ether oxygens (including phenoxy) is 1. The molecule has 2 rings (SSSR count). The van der Waals surface area contributed by atoms with Gasteiger partial charge in [0.25, 0.3) is 5.56 Å². The first-order valence-corrected chi connectivity index (χ1v) is 5.26. The quantitative estimate of drug-likeness (QED) is 0.762. The van der Waals surface area contributed by atoms with Gasteiger partial charge >= 0.3 is 0 Å². The van der Waals surface area contributed by atoms with Gasteiger partial charge in [-0.2, -0.15) is 0 Å². The van der Waals surface area contributed by atoms with Gasteiger partial charge in [-0.1, -0.05) is 0 Å². The lowest BCUT2D eigenvalue weighted by atomic mass is 10.2. The van der Waals surface area contributed by atoms with Crippen molar-refractivity contribution in [3.8, 4) is 11.4 Å². The van der Waals surface area contributed by atoms with Crippen molar-refractivity contribution in [1.29, 1.82) is 0 Å². The van der Waals surface area contributed by atoms with Crippen LogP contribution in [-0.4, -0.2) is 33.0 Å². The third-order valence-corrected chi connectivity index (χ3v) is 2.51. The van der Waals surface area contributed by atoms with Crippen LogP contribution in [0.15, 0.2) is 29.5 Å². The van der Waals surface area contributed by atoms with Crippen LogP contribution in [0.3, 0.4) is 0 Å². The summed E-state index contributed by atoms with van der Waals surface area (Å²) in [4.78, 5) is 11.5. The maximum atomic E-state index is 11.5. The molecule has 0 unspecified atom stereocenters. The maximum absolute atomic E-state index is 11.5. The predicted octanol–water partition coefficient (Wildman–Crippen LogP) is 0.290. The number of rotatable bonds is 4. The van der Waals surface area contributed by atoms with Crippen molar-refractivity contribution in [3.63, 3.8) is 0 Å². The largest absolute Gasteiger partial charge is 0.383 e. The molecule has 0 aliphatic carbocycles. The Morgan fingerprint density at radius 1 is 1.47 bits per heavy atom. The number of pyridine rings is 1. The highest BCUT2D eigenvalue weighted by Crippen LogP contribution is 2.13. The van der Waals surface area contributed by atoms with E-state index in [0.29, 0.717) is 19.0 Å². The molecule has 2 aromatic rings. The van der Waals surface area contributed by atoms with E-state index in [1.165, 1.54) is 4.57 Å². The van der Waals surface area contributed by atoms with Crippen LogP contribution in [0, 0.1) is 0 Å². The van der Waals surface area contributed by atoms with Gasteiger partial charge in [0.2, 0.25) is 0 Å². The van der Waals surface area contributed by atoms with Gasteiger partial charge in [-0.25, -0.2) is 0 Å². The molecule has 0 radical (unpaired) electrons. The first-order chi connectivity index (χ1) is 8.22. The van der Waals surface area contributed by atoms with Crippen molar-refractivity contribution in [2.75, 3.05) is 13.7 Å². The molecule has 0 bridgehead atoms. The van der Waals surface area contributed by atoms with Gasteiger partial charge in [-0.05, 0) is 6.07 Å². The molecule has 0 atom stereocenters. The van der Waals surface area contributed by atoms with Crippen LogP contribution in [0.25, 0.3) is 11.4 Å². The van der Waals surface area contributed by atoms with Crippen molar-refractivity contribution in [2.24, 2.45) is 7.05 Å². The van der Waals surface area contributed by atoms with E-state index >= 15 is 0 Å². The molecular weight excluding hydrogens is 220 g/mol. The molecule has 0 saturated heterocycles. The fourth-order valence-corrected chi connectivity index (χ4v) is 1.52. The lowest BCUT2D eigenvalue weighted by Crippen LogP contribution is -2.15. The molecule has 0 amide bonds. The summed E-state index contributed by atoms with van der Waals surface area (Å²) in [5.41, 5.74) is 0.700. The molecule has 2 aromatic heterocycles. The lowest BCUT2D eigenvalue weighted by Gasteiger charge is -2.06. The SMILES string of the molecule is COCCn1cnnc1-c1ccn(C)c(=O)c1. The summed E-state index contributed by atoms with van der Waals surface area (Å²) < 4.78 is 8.38. The molecule has 0 saturated carbocycles. The van der Waals surface area contributed by atoms with Crippen molar-refractivity contribution in [2.45, 2.75) is 6.54 Å². The van der Waals surface area contributed by atoms with E-state index in [4.69, 9.17) is 4.74 Å². The molecule has 2 heterocycles. The summed E-state index contributed by atoms with van der Waals surface area (Å²) in [5, 5.41) is 7.87. The average molecular weight is 234 g/mol.